The molecule has 0 unspecified atom stereocenters. The van der Waals surface area contributed by atoms with Crippen molar-refractivity contribution in [2.75, 3.05) is 6.54 Å². The SMILES string of the molecule is CC[C@H]1C=C2C[C@@H](O)CC[C@]2(C)[C@H]2CC[C@]3(C)C(N4C=CC=CC4)=C(CC(=O)O)C[C@H]3[C@H]12. The highest BCUT2D eigenvalue weighted by Gasteiger charge is 2.60. The van der Waals surface area contributed by atoms with Crippen LogP contribution in [0.1, 0.15) is 72.1 Å². The number of hydrogen-bond donors (Lipinski definition) is 2. The number of carboxylic acids is 1. The summed E-state index contributed by atoms with van der Waals surface area (Å²) in [6, 6.07) is 0. The highest BCUT2D eigenvalue weighted by atomic mass is 16.4. The van der Waals surface area contributed by atoms with Gasteiger partial charge in [0.25, 0.3) is 0 Å². The van der Waals surface area contributed by atoms with Crippen LogP contribution in [-0.4, -0.2) is 33.7 Å². The van der Waals surface area contributed by atoms with Crippen LogP contribution in [0.3, 0.4) is 0 Å². The van der Waals surface area contributed by atoms with E-state index in [0.29, 0.717) is 23.7 Å². The van der Waals surface area contributed by atoms with Crippen molar-refractivity contribution < 1.29 is 15.0 Å². The third-order valence-corrected chi connectivity index (χ3v) is 9.92. The molecule has 32 heavy (non-hydrogen) atoms. The van der Waals surface area contributed by atoms with Gasteiger partial charge in [-0.05, 0) is 85.7 Å². The molecule has 1 heterocycles. The molecule has 4 nitrogen and oxygen atoms in total. The van der Waals surface area contributed by atoms with Gasteiger partial charge >= 0.3 is 5.97 Å². The Balaban J connectivity index is 1.56. The Morgan fingerprint density at radius 2 is 1.91 bits per heavy atom. The van der Waals surface area contributed by atoms with Crippen molar-refractivity contribution in [2.45, 2.75) is 78.2 Å². The van der Waals surface area contributed by atoms with Crippen LogP contribution in [0.2, 0.25) is 0 Å². The van der Waals surface area contributed by atoms with Crippen LogP contribution >= 0.6 is 0 Å². The van der Waals surface area contributed by atoms with Gasteiger partial charge in [-0.3, -0.25) is 4.79 Å². The van der Waals surface area contributed by atoms with Crippen LogP contribution in [0.15, 0.2) is 47.3 Å². The highest BCUT2D eigenvalue weighted by Crippen LogP contribution is 2.68. The number of carboxylic acid groups (broad SMARTS) is 1. The van der Waals surface area contributed by atoms with Crippen molar-refractivity contribution >= 4 is 5.97 Å². The molecule has 4 heteroatoms. The van der Waals surface area contributed by atoms with Gasteiger partial charge in [0.15, 0.2) is 0 Å². The van der Waals surface area contributed by atoms with Gasteiger partial charge in [-0.2, -0.15) is 0 Å². The molecule has 5 rings (SSSR count). The lowest BCUT2D eigenvalue weighted by atomic mass is 9.45. The Bertz CT molecular complexity index is 914. The van der Waals surface area contributed by atoms with Crippen molar-refractivity contribution in [3.05, 3.63) is 47.3 Å². The molecule has 1 aliphatic heterocycles. The van der Waals surface area contributed by atoms with E-state index in [9.17, 15) is 15.0 Å². The average Bonchev–Trinajstić information content (AvgIpc) is 3.05. The predicted molar refractivity (Wildman–Crippen MR) is 127 cm³/mol. The molecular weight excluding hydrogens is 398 g/mol. The zero-order valence-electron chi connectivity index (χ0n) is 19.9. The van der Waals surface area contributed by atoms with Gasteiger partial charge in [-0.25, -0.2) is 0 Å². The predicted octanol–water partition coefficient (Wildman–Crippen LogP) is 5.67. The van der Waals surface area contributed by atoms with Gasteiger partial charge in [-0.1, -0.05) is 44.6 Å². The summed E-state index contributed by atoms with van der Waals surface area (Å²) in [4.78, 5) is 14.2. The van der Waals surface area contributed by atoms with E-state index in [4.69, 9.17) is 0 Å². The number of carbonyl (C=O) groups is 1. The number of aliphatic hydroxyl groups excluding tert-OH is 1. The van der Waals surface area contributed by atoms with Gasteiger partial charge in [0, 0.05) is 23.9 Å². The lowest BCUT2D eigenvalue weighted by Gasteiger charge is -2.60. The van der Waals surface area contributed by atoms with E-state index in [0.717, 1.165) is 50.6 Å². The van der Waals surface area contributed by atoms with Crippen LogP contribution in [0, 0.1) is 34.5 Å². The quantitative estimate of drug-likeness (QED) is 0.556. The van der Waals surface area contributed by atoms with E-state index in [1.165, 1.54) is 17.7 Å². The van der Waals surface area contributed by atoms with Crippen molar-refractivity contribution in [1.29, 1.82) is 0 Å². The first kappa shape index (κ1) is 22.0. The molecule has 0 saturated heterocycles. The molecule has 5 aliphatic rings. The molecule has 174 valence electrons. The zero-order valence-corrected chi connectivity index (χ0v) is 19.9. The summed E-state index contributed by atoms with van der Waals surface area (Å²) in [5, 5.41) is 20.1. The van der Waals surface area contributed by atoms with Crippen LogP contribution in [-0.2, 0) is 4.79 Å². The summed E-state index contributed by atoms with van der Waals surface area (Å²) in [6.45, 7) is 8.05. The molecule has 0 aromatic rings. The molecule has 0 aromatic heterocycles. The maximum absolute atomic E-state index is 11.8. The van der Waals surface area contributed by atoms with Crippen LogP contribution in [0.25, 0.3) is 0 Å². The van der Waals surface area contributed by atoms with Gasteiger partial charge in [0.05, 0.1) is 12.5 Å². The molecule has 0 amide bonds. The number of hydrogen-bond acceptors (Lipinski definition) is 3. The Kier molecular flexibility index (Phi) is 5.43. The summed E-state index contributed by atoms with van der Waals surface area (Å²) in [5.41, 5.74) is 4.19. The van der Waals surface area contributed by atoms with E-state index < -0.39 is 5.97 Å². The van der Waals surface area contributed by atoms with Gasteiger partial charge in [0.1, 0.15) is 0 Å². The van der Waals surface area contributed by atoms with Crippen LogP contribution in [0.5, 0.6) is 0 Å². The van der Waals surface area contributed by atoms with Crippen LogP contribution in [0.4, 0.5) is 0 Å². The van der Waals surface area contributed by atoms with E-state index in [1.54, 1.807) is 0 Å². The Hall–Kier alpha value is -1.81. The number of allylic oxidation sites excluding steroid dienone is 4. The highest BCUT2D eigenvalue weighted by molar-refractivity contribution is 5.71. The summed E-state index contributed by atoms with van der Waals surface area (Å²) in [5.74, 6) is 1.55. The summed E-state index contributed by atoms with van der Waals surface area (Å²) in [6.07, 6.45) is 18.2. The number of rotatable bonds is 4. The van der Waals surface area contributed by atoms with Gasteiger partial charge in [0.2, 0.25) is 0 Å². The maximum Gasteiger partial charge on any atom is 0.307 e. The second kappa shape index (κ2) is 7.90. The summed E-state index contributed by atoms with van der Waals surface area (Å²) in [7, 11) is 0. The lowest BCUT2D eigenvalue weighted by Crippen LogP contribution is -2.53. The molecule has 2 fully saturated rings. The zero-order chi connectivity index (χ0) is 22.7. The third kappa shape index (κ3) is 3.24. The van der Waals surface area contributed by atoms with Crippen molar-refractivity contribution in [3.63, 3.8) is 0 Å². The fourth-order valence-corrected chi connectivity index (χ4v) is 8.46. The first-order valence-electron chi connectivity index (χ1n) is 12.7. The van der Waals surface area contributed by atoms with Crippen molar-refractivity contribution in [2.24, 2.45) is 34.5 Å². The molecule has 4 aliphatic carbocycles. The van der Waals surface area contributed by atoms with E-state index in [-0.39, 0.29) is 23.4 Å². The molecular formula is C28H39NO3. The minimum absolute atomic E-state index is 0.0325. The molecule has 2 N–H and O–H groups in total. The smallest absolute Gasteiger partial charge is 0.307 e. The number of aliphatic carboxylic acids is 1. The Morgan fingerprint density at radius 1 is 1.12 bits per heavy atom. The Morgan fingerprint density at radius 3 is 2.59 bits per heavy atom. The fourth-order valence-electron chi connectivity index (χ4n) is 8.46. The molecule has 7 atom stereocenters. The standard InChI is InChI=1S/C28H39NO3/c1-4-18-14-20-17-21(30)8-10-27(20,2)22-9-11-28(3)23(25(18)22)15-19(16-24(31)32)26(28)29-12-6-5-7-13-29/h5-7,12,14,18,21-23,25,30H,4,8-11,13,15-17H2,1-3H3,(H,31,32)/t18-,21-,22-,23-,25+,27-,28-/m0/s1. The minimum Gasteiger partial charge on any atom is -0.481 e. The first-order valence-corrected chi connectivity index (χ1v) is 12.7. The molecule has 0 spiro atoms. The number of nitrogens with zero attached hydrogens (tertiary/aromatic N) is 1. The first-order chi connectivity index (χ1) is 15.3. The number of aliphatic hydroxyl groups is 1. The largest absolute Gasteiger partial charge is 0.481 e. The third-order valence-electron chi connectivity index (χ3n) is 9.92. The van der Waals surface area contributed by atoms with Crippen molar-refractivity contribution in [3.8, 4) is 0 Å². The topological polar surface area (TPSA) is 60.8 Å². The normalized spacial score (nSPS) is 42.9. The summed E-state index contributed by atoms with van der Waals surface area (Å²) < 4.78 is 0. The monoisotopic (exact) mass is 437 g/mol. The van der Waals surface area contributed by atoms with Gasteiger partial charge in [-0.15, -0.1) is 0 Å². The van der Waals surface area contributed by atoms with Crippen molar-refractivity contribution in [1.82, 2.24) is 4.90 Å². The fraction of sp³-hybridized carbons (Fsp3) is 0.679. The molecule has 0 aromatic carbocycles. The lowest BCUT2D eigenvalue weighted by molar-refractivity contribution is -0.136. The molecule has 2 saturated carbocycles. The minimum atomic E-state index is -0.709. The van der Waals surface area contributed by atoms with E-state index in [1.807, 2.05) is 0 Å². The number of fused-ring (bicyclic) bond motifs is 5. The second-order valence-electron chi connectivity index (χ2n) is 11.5. The molecule has 0 radical (unpaired) electrons. The molecule has 0 bridgehead atoms. The van der Waals surface area contributed by atoms with E-state index in [2.05, 4.69) is 56.2 Å². The van der Waals surface area contributed by atoms with Crippen LogP contribution < -0.4 is 0 Å². The van der Waals surface area contributed by atoms with E-state index >= 15 is 0 Å². The maximum atomic E-state index is 11.8. The average molecular weight is 438 g/mol. The van der Waals surface area contributed by atoms with Gasteiger partial charge < -0.3 is 15.1 Å². The summed E-state index contributed by atoms with van der Waals surface area (Å²) >= 11 is 0. The second-order valence-corrected chi connectivity index (χ2v) is 11.5. The Labute approximate surface area is 192 Å².